The van der Waals surface area contributed by atoms with Crippen LogP contribution in [0.25, 0.3) is 0 Å². The van der Waals surface area contributed by atoms with Crippen LogP contribution in [0.1, 0.15) is 5.56 Å². The second-order valence-electron chi connectivity index (χ2n) is 4.17. The first kappa shape index (κ1) is 13.7. The van der Waals surface area contributed by atoms with Gasteiger partial charge >= 0.3 is 0 Å². The third kappa shape index (κ3) is 4.45. The summed E-state index contributed by atoms with van der Waals surface area (Å²) in [7, 11) is 1.63. The fraction of sp³-hybridized carbons (Fsp3) is 0.188. The SMILES string of the molecule is COc1cccc(CC(=O)CSc2ccccc2)c1. The average molecular weight is 272 g/mol. The van der Waals surface area contributed by atoms with Crippen LogP contribution in [0.15, 0.2) is 59.5 Å². The van der Waals surface area contributed by atoms with Crippen LogP contribution in [0.3, 0.4) is 0 Å². The molecule has 2 aromatic rings. The second kappa shape index (κ2) is 7.00. The molecule has 0 saturated heterocycles. The molecule has 98 valence electrons. The average Bonchev–Trinajstić information content (AvgIpc) is 2.46. The molecule has 0 heterocycles. The summed E-state index contributed by atoms with van der Waals surface area (Å²) in [6.45, 7) is 0. The number of thioether (sulfide) groups is 1. The van der Waals surface area contributed by atoms with E-state index in [0.29, 0.717) is 12.2 Å². The highest BCUT2D eigenvalue weighted by Crippen LogP contribution is 2.18. The maximum absolute atomic E-state index is 11.9. The Morgan fingerprint density at radius 3 is 2.63 bits per heavy atom. The number of rotatable bonds is 6. The Hall–Kier alpha value is -1.74. The molecule has 0 fully saturated rings. The zero-order valence-electron chi connectivity index (χ0n) is 10.8. The summed E-state index contributed by atoms with van der Waals surface area (Å²) in [6, 6.07) is 17.6. The molecule has 0 atom stereocenters. The van der Waals surface area contributed by atoms with Crippen molar-refractivity contribution < 1.29 is 9.53 Å². The Balaban J connectivity index is 1.87. The van der Waals surface area contributed by atoms with Crippen LogP contribution in [-0.4, -0.2) is 18.6 Å². The minimum atomic E-state index is 0.224. The van der Waals surface area contributed by atoms with Gasteiger partial charge in [0, 0.05) is 11.3 Å². The van der Waals surface area contributed by atoms with Gasteiger partial charge in [-0.25, -0.2) is 0 Å². The van der Waals surface area contributed by atoms with Crippen molar-refractivity contribution in [1.29, 1.82) is 0 Å². The molecule has 2 rings (SSSR count). The number of carbonyl (C=O) groups is 1. The van der Waals surface area contributed by atoms with E-state index < -0.39 is 0 Å². The Bertz CT molecular complexity index is 537. The maximum Gasteiger partial charge on any atom is 0.147 e. The summed E-state index contributed by atoms with van der Waals surface area (Å²) in [6.07, 6.45) is 0.455. The number of ketones is 1. The molecule has 0 spiro atoms. The third-order valence-corrected chi connectivity index (χ3v) is 3.75. The molecule has 0 bridgehead atoms. The fourth-order valence-electron chi connectivity index (χ4n) is 1.74. The first-order valence-electron chi connectivity index (χ1n) is 6.10. The first-order valence-corrected chi connectivity index (χ1v) is 7.09. The highest BCUT2D eigenvalue weighted by molar-refractivity contribution is 8.00. The smallest absolute Gasteiger partial charge is 0.147 e. The minimum Gasteiger partial charge on any atom is -0.497 e. The molecule has 0 amide bonds. The van der Waals surface area contributed by atoms with Crippen LogP contribution in [0, 0.1) is 0 Å². The quantitative estimate of drug-likeness (QED) is 0.752. The molecule has 2 aromatic carbocycles. The molecule has 3 heteroatoms. The summed E-state index contributed by atoms with van der Waals surface area (Å²) in [5.74, 6) is 1.52. The number of ether oxygens (including phenoxy) is 1. The van der Waals surface area contributed by atoms with E-state index in [-0.39, 0.29) is 5.78 Å². The van der Waals surface area contributed by atoms with Gasteiger partial charge in [-0.1, -0.05) is 30.3 Å². The number of methoxy groups -OCH3 is 1. The summed E-state index contributed by atoms with van der Waals surface area (Å²) in [4.78, 5) is 13.1. The van der Waals surface area contributed by atoms with Gasteiger partial charge in [-0.3, -0.25) is 4.79 Å². The van der Waals surface area contributed by atoms with Gasteiger partial charge in [-0.15, -0.1) is 11.8 Å². The van der Waals surface area contributed by atoms with Crippen LogP contribution in [0.2, 0.25) is 0 Å². The summed E-state index contributed by atoms with van der Waals surface area (Å²) < 4.78 is 5.15. The molecule has 0 aromatic heterocycles. The van der Waals surface area contributed by atoms with Crippen LogP contribution in [-0.2, 0) is 11.2 Å². The molecule has 19 heavy (non-hydrogen) atoms. The van der Waals surface area contributed by atoms with Gasteiger partial charge in [0.2, 0.25) is 0 Å². The highest BCUT2D eigenvalue weighted by atomic mass is 32.2. The van der Waals surface area contributed by atoms with E-state index in [1.807, 2.05) is 54.6 Å². The van der Waals surface area contributed by atoms with Crippen molar-refractivity contribution in [2.24, 2.45) is 0 Å². The van der Waals surface area contributed by atoms with E-state index in [0.717, 1.165) is 16.2 Å². The third-order valence-electron chi connectivity index (χ3n) is 2.68. The molecule has 0 aliphatic heterocycles. The van der Waals surface area contributed by atoms with Crippen LogP contribution in [0.5, 0.6) is 5.75 Å². The number of carbonyl (C=O) groups excluding carboxylic acids is 1. The van der Waals surface area contributed by atoms with Gasteiger partial charge in [0.1, 0.15) is 11.5 Å². The standard InChI is InChI=1S/C16H16O2S/c1-18-15-7-5-6-13(11-15)10-14(17)12-19-16-8-3-2-4-9-16/h2-9,11H,10,12H2,1H3. The van der Waals surface area contributed by atoms with Gasteiger partial charge in [-0.05, 0) is 29.8 Å². The van der Waals surface area contributed by atoms with Gasteiger partial charge < -0.3 is 4.74 Å². The first-order chi connectivity index (χ1) is 9.28. The number of hydrogen-bond acceptors (Lipinski definition) is 3. The molecule has 2 nitrogen and oxygen atoms in total. The van der Waals surface area contributed by atoms with E-state index in [1.54, 1.807) is 18.9 Å². The number of Topliss-reactive ketones (excluding diaryl/α,β-unsaturated/α-hetero) is 1. The molecule has 0 aliphatic carbocycles. The van der Waals surface area contributed by atoms with E-state index in [2.05, 4.69) is 0 Å². The lowest BCUT2D eigenvalue weighted by molar-refractivity contribution is -0.116. The summed E-state index contributed by atoms with van der Waals surface area (Å²) in [5, 5.41) is 0. The van der Waals surface area contributed by atoms with Crippen molar-refractivity contribution in [3.8, 4) is 5.75 Å². The normalized spacial score (nSPS) is 10.2. The van der Waals surface area contributed by atoms with Crippen LogP contribution >= 0.6 is 11.8 Å². The maximum atomic E-state index is 11.9. The van der Waals surface area contributed by atoms with Crippen molar-refractivity contribution in [3.63, 3.8) is 0 Å². The monoisotopic (exact) mass is 272 g/mol. The lowest BCUT2D eigenvalue weighted by atomic mass is 10.1. The molecule has 0 unspecified atom stereocenters. The predicted octanol–water partition coefficient (Wildman–Crippen LogP) is 3.60. The van der Waals surface area contributed by atoms with E-state index in [4.69, 9.17) is 4.74 Å². The molecule has 0 saturated carbocycles. The highest BCUT2D eigenvalue weighted by Gasteiger charge is 2.05. The topological polar surface area (TPSA) is 26.3 Å². The largest absolute Gasteiger partial charge is 0.497 e. The number of benzene rings is 2. The van der Waals surface area contributed by atoms with E-state index in [9.17, 15) is 4.79 Å². The van der Waals surface area contributed by atoms with E-state index >= 15 is 0 Å². The zero-order chi connectivity index (χ0) is 13.5. The molecular formula is C16H16O2S. The Labute approximate surface area is 117 Å². The van der Waals surface area contributed by atoms with Crippen molar-refractivity contribution in [2.75, 3.05) is 12.9 Å². The summed E-state index contributed by atoms with van der Waals surface area (Å²) >= 11 is 1.58. The Morgan fingerprint density at radius 1 is 1.11 bits per heavy atom. The van der Waals surface area contributed by atoms with Gasteiger partial charge in [-0.2, -0.15) is 0 Å². The van der Waals surface area contributed by atoms with Gasteiger partial charge in [0.25, 0.3) is 0 Å². The lowest BCUT2D eigenvalue weighted by Crippen LogP contribution is -2.05. The number of hydrogen-bond donors (Lipinski definition) is 0. The molecule has 0 aliphatic rings. The second-order valence-corrected chi connectivity index (χ2v) is 5.22. The Kier molecular flexibility index (Phi) is 5.04. The fourth-order valence-corrected chi connectivity index (χ4v) is 2.52. The van der Waals surface area contributed by atoms with Gasteiger partial charge in [0.05, 0.1) is 12.9 Å². The molecule has 0 radical (unpaired) electrons. The molecule has 0 N–H and O–H groups in total. The molecular weight excluding hydrogens is 256 g/mol. The zero-order valence-corrected chi connectivity index (χ0v) is 11.7. The van der Waals surface area contributed by atoms with Crippen molar-refractivity contribution in [3.05, 3.63) is 60.2 Å². The van der Waals surface area contributed by atoms with Crippen LogP contribution in [0.4, 0.5) is 0 Å². The lowest BCUT2D eigenvalue weighted by Gasteiger charge is -2.04. The predicted molar refractivity (Wildman–Crippen MR) is 78.9 cm³/mol. The van der Waals surface area contributed by atoms with Crippen LogP contribution < -0.4 is 4.74 Å². The van der Waals surface area contributed by atoms with E-state index in [1.165, 1.54) is 0 Å². The Morgan fingerprint density at radius 2 is 1.89 bits per heavy atom. The van der Waals surface area contributed by atoms with Crippen molar-refractivity contribution in [2.45, 2.75) is 11.3 Å². The van der Waals surface area contributed by atoms with Crippen molar-refractivity contribution >= 4 is 17.5 Å². The van der Waals surface area contributed by atoms with Gasteiger partial charge in [0.15, 0.2) is 0 Å². The van der Waals surface area contributed by atoms with Crippen molar-refractivity contribution in [1.82, 2.24) is 0 Å². The summed E-state index contributed by atoms with van der Waals surface area (Å²) in [5.41, 5.74) is 0.998. The minimum absolute atomic E-state index is 0.224.